The molecule has 0 radical (unpaired) electrons. The Hall–Kier alpha value is -2.55. The van der Waals surface area contributed by atoms with Crippen molar-refractivity contribution in [1.82, 2.24) is 29.6 Å². The number of hydrogen-bond donors (Lipinski definition) is 2. The maximum Gasteiger partial charge on any atom is 0.264 e. The molecule has 2 saturated heterocycles. The zero-order valence-electron chi connectivity index (χ0n) is 17.8. The van der Waals surface area contributed by atoms with Crippen LogP contribution in [0.15, 0.2) is 23.1 Å². The Morgan fingerprint density at radius 2 is 1.81 bits per heavy atom. The molecule has 10 heteroatoms. The van der Waals surface area contributed by atoms with Crippen molar-refractivity contribution in [3.05, 3.63) is 38.9 Å². The molecule has 5 heterocycles. The molecule has 166 valence electrons. The lowest BCUT2D eigenvalue weighted by Crippen LogP contribution is -2.61. The van der Waals surface area contributed by atoms with Crippen LogP contribution in [-0.2, 0) is 14.1 Å². The molecule has 0 amide bonds. The van der Waals surface area contributed by atoms with Crippen LogP contribution in [0.5, 0.6) is 0 Å². The smallest absolute Gasteiger partial charge is 0.264 e. The number of nitrogens with one attached hydrogen (secondary N) is 2. The van der Waals surface area contributed by atoms with E-state index in [0.29, 0.717) is 49.8 Å². The summed E-state index contributed by atoms with van der Waals surface area (Å²) in [4.78, 5) is 24.1. The lowest BCUT2D eigenvalue weighted by atomic mass is 9.93. The second-order valence-electron chi connectivity index (χ2n) is 8.74. The summed E-state index contributed by atoms with van der Waals surface area (Å²) in [5, 5.41) is 10.0. The first-order chi connectivity index (χ1) is 15.5. The van der Waals surface area contributed by atoms with Gasteiger partial charge in [0.25, 0.3) is 5.56 Å². The fraction of sp³-hybridized carbons (Fsp3) is 0.409. The summed E-state index contributed by atoms with van der Waals surface area (Å²) in [5.74, 6) is 0.726. The summed E-state index contributed by atoms with van der Waals surface area (Å²) >= 11 is 13.2. The highest BCUT2D eigenvalue weighted by Gasteiger charge is 2.36. The number of benzene rings is 1. The van der Waals surface area contributed by atoms with E-state index in [1.54, 1.807) is 29.5 Å². The lowest BCUT2D eigenvalue weighted by molar-refractivity contribution is 0.305. The second-order valence-corrected chi connectivity index (χ2v) is 9.48. The molecule has 0 aliphatic carbocycles. The molecule has 0 saturated carbocycles. The van der Waals surface area contributed by atoms with Crippen molar-refractivity contribution < 1.29 is 0 Å². The van der Waals surface area contributed by atoms with E-state index < -0.39 is 0 Å². The van der Waals surface area contributed by atoms with Crippen molar-refractivity contribution in [3.63, 3.8) is 0 Å². The summed E-state index contributed by atoms with van der Waals surface area (Å²) in [6.07, 6.45) is 5.23. The molecule has 1 aromatic carbocycles. The van der Waals surface area contributed by atoms with Gasteiger partial charge in [-0.25, -0.2) is 0 Å². The van der Waals surface area contributed by atoms with Crippen LogP contribution in [0.4, 0.5) is 5.95 Å². The SMILES string of the molecule is Cn1nc2ccc(-c3c[nH]c4nc(N5C6CCCC5CNC6)n(C)c(=O)c34)c(Cl)c2c1Cl. The average Bonchev–Trinajstić information content (AvgIpc) is 3.31. The number of aryl methyl sites for hydroxylation is 1. The number of aromatic nitrogens is 5. The topological polar surface area (TPSA) is 83.8 Å². The first-order valence-corrected chi connectivity index (χ1v) is 11.6. The van der Waals surface area contributed by atoms with Crippen LogP contribution in [-0.4, -0.2) is 49.5 Å². The largest absolute Gasteiger partial charge is 0.345 e. The van der Waals surface area contributed by atoms with Gasteiger partial charge in [0.1, 0.15) is 10.8 Å². The number of anilines is 1. The minimum Gasteiger partial charge on any atom is -0.345 e. The number of nitrogens with zero attached hydrogens (tertiary/aromatic N) is 5. The van der Waals surface area contributed by atoms with Crippen LogP contribution >= 0.6 is 23.2 Å². The maximum absolute atomic E-state index is 13.6. The zero-order chi connectivity index (χ0) is 22.1. The minimum atomic E-state index is -0.0914. The third-order valence-corrected chi connectivity index (χ3v) is 7.73. The summed E-state index contributed by atoms with van der Waals surface area (Å²) in [5.41, 5.74) is 2.64. The normalized spacial score (nSPS) is 21.1. The van der Waals surface area contributed by atoms with E-state index in [9.17, 15) is 4.79 Å². The highest BCUT2D eigenvalue weighted by molar-refractivity contribution is 6.43. The molecule has 0 spiro atoms. The monoisotopic (exact) mass is 471 g/mol. The number of piperidine rings is 1. The van der Waals surface area contributed by atoms with Gasteiger partial charge in [-0.1, -0.05) is 29.3 Å². The van der Waals surface area contributed by atoms with Gasteiger partial charge < -0.3 is 15.2 Å². The molecule has 2 atom stereocenters. The standard InChI is InChI=1S/C22H23Cl2N7O/c1-29-21(32)16-14(13-6-7-15-17(18(13)23)19(24)30(2)28-15)10-26-20(16)27-22(29)31-11-4-3-5-12(31)9-25-8-11/h6-7,10-12,25-26H,3-5,8-9H2,1-2H3. The third kappa shape index (κ3) is 2.76. The zero-order valence-corrected chi connectivity index (χ0v) is 19.3. The van der Waals surface area contributed by atoms with Gasteiger partial charge in [-0.2, -0.15) is 10.1 Å². The first kappa shape index (κ1) is 20.1. The molecule has 3 aromatic heterocycles. The molecule has 2 fully saturated rings. The van der Waals surface area contributed by atoms with E-state index in [1.165, 1.54) is 6.42 Å². The number of aromatic amines is 1. The van der Waals surface area contributed by atoms with Gasteiger partial charge in [0.05, 0.1) is 21.3 Å². The summed E-state index contributed by atoms with van der Waals surface area (Å²) in [6, 6.07) is 4.47. The summed E-state index contributed by atoms with van der Waals surface area (Å²) in [6.45, 7) is 1.84. The predicted molar refractivity (Wildman–Crippen MR) is 128 cm³/mol. The Morgan fingerprint density at radius 1 is 1.06 bits per heavy atom. The third-order valence-electron chi connectivity index (χ3n) is 6.90. The lowest BCUT2D eigenvalue weighted by Gasteiger charge is -2.47. The molecule has 4 aromatic rings. The fourth-order valence-electron chi connectivity index (χ4n) is 5.32. The van der Waals surface area contributed by atoms with E-state index in [-0.39, 0.29) is 5.56 Å². The van der Waals surface area contributed by atoms with Gasteiger partial charge >= 0.3 is 0 Å². The van der Waals surface area contributed by atoms with E-state index in [1.807, 2.05) is 12.1 Å². The molecular weight excluding hydrogens is 449 g/mol. The number of hydrogen-bond acceptors (Lipinski definition) is 5. The Bertz CT molecular complexity index is 1410. The van der Waals surface area contributed by atoms with Crippen molar-refractivity contribution in [2.75, 3.05) is 18.0 Å². The second kappa shape index (κ2) is 7.23. The van der Waals surface area contributed by atoms with Crippen molar-refractivity contribution >= 4 is 51.1 Å². The molecular formula is C22H23Cl2N7O. The van der Waals surface area contributed by atoms with Crippen LogP contribution in [0, 0.1) is 0 Å². The van der Waals surface area contributed by atoms with E-state index in [2.05, 4.69) is 20.3 Å². The van der Waals surface area contributed by atoms with Crippen LogP contribution in [0.25, 0.3) is 33.1 Å². The van der Waals surface area contributed by atoms with Gasteiger partial charge in [0.2, 0.25) is 5.95 Å². The van der Waals surface area contributed by atoms with Gasteiger partial charge in [-0.3, -0.25) is 14.0 Å². The summed E-state index contributed by atoms with van der Waals surface area (Å²) in [7, 11) is 3.58. The van der Waals surface area contributed by atoms with Crippen molar-refractivity contribution in [2.45, 2.75) is 31.3 Å². The highest BCUT2D eigenvalue weighted by atomic mass is 35.5. The van der Waals surface area contributed by atoms with E-state index in [0.717, 1.165) is 37.4 Å². The number of halogens is 2. The molecule has 2 unspecified atom stereocenters. The van der Waals surface area contributed by atoms with Gasteiger partial charge in [-0.15, -0.1) is 0 Å². The van der Waals surface area contributed by atoms with Crippen molar-refractivity contribution in [1.29, 1.82) is 0 Å². The molecule has 2 bridgehead atoms. The highest BCUT2D eigenvalue weighted by Crippen LogP contribution is 2.39. The molecule has 6 rings (SSSR count). The average molecular weight is 472 g/mol. The Labute approximate surface area is 194 Å². The summed E-state index contributed by atoms with van der Waals surface area (Å²) < 4.78 is 3.27. The number of piperazine rings is 1. The van der Waals surface area contributed by atoms with E-state index >= 15 is 0 Å². The van der Waals surface area contributed by atoms with Crippen LogP contribution in [0.2, 0.25) is 10.2 Å². The van der Waals surface area contributed by atoms with Crippen LogP contribution in [0.3, 0.4) is 0 Å². The fourth-order valence-corrected chi connectivity index (χ4v) is 5.95. The van der Waals surface area contributed by atoms with Crippen LogP contribution < -0.4 is 15.8 Å². The molecule has 2 N–H and O–H groups in total. The first-order valence-electron chi connectivity index (χ1n) is 10.8. The Balaban J connectivity index is 1.54. The van der Waals surface area contributed by atoms with Crippen molar-refractivity contribution in [2.24, 2.45) is 14.1 Å². The number of fused-ring (bicyclic) bond motifs is 4. The predicted octanol–water partition coefficient (Wildman–Crippen LogP) is 3.45. The molecule has 2 aliphatic rings. The molecule has 32 heavy (non-hydrogen) atoms. The number of rotatable bonds is 2. The number of H-pyrrole nitrogens is 1. The van der Waals surface area contributed by atoms with E-state index in [4.69, 9.17) is 28.2 Å². The molecule has 2 aliphatic heterocycles. The van der Waals surface area contributed by atoms with Crippen LogP contribution in [0.1, 0.15) is 19.3 Å². The molecule has 8 nitrogen and oxygen atoms in total. The quantitative estimate of drug-likeness (QED) is 0.467. The Morgan fingerprint density at radius 3 is 2.56 bits per heavy atom. The van der Waals surface area contributed by atoms with Gasteiger partial charge in [0, 0.05) is 56.6 Å². The van der Waals surface area contributed by atoms with Gasteiger partial charge in [0.15, 0.2) is 0 Å². The minimum absolute atomic E-state index is 0.0914. The Kier molecular flexibility index (Phi) is 4.54. The van der Waals surface area contributed by atoms with Crippen molar-refractivity contribution in [3.8, 4) is 11.1 Å². The maximum atomic E-state index is 13.6. The van der Waals surface area contributed by atoms with Gasteiger partial charge in [-0.05, 0) is 25.3 Å².